The highest BCUT2D eigenvalue weighted by Crippen LogP contribution is 2.53. The first-order chi connectivity index (χ1) is 8.82. The molecular weight excluding hydrogens is 259 g/mol. The van der Waals surface area contributed by atoms with Gasteiger partial charge in [-0.15, -0.1) is 0 Å². The van der Waals surface area contributed by atoms with Crippen LogP contribution in [0, 0.1) is 11.1 Å². The third kappa shape index (κ3) is 5.65. The summed E-state index contributed by atoms with van der Waals surface area (Å²) in [5, 5.41) is 9.34. The van der Waals surface area contributed by atoms with E-state index in [-0.39, 0.29) is 18.2 Å². The zero-order chi connectivity index (χ0) is 15.1. The van der Waals surface area contributed by atoms with Crippen molar-refractivity contribution in [3.8, 4) is 5.81 Å². The fourth-order valence-electron chi connectivity index (χ4n) is 2.30. The van der Waals surface area contributed by atoms with Gasteiger partial charge in [0, 0.05) is 12.1 Å². The summed E-state index contributed by atoms with van der Waals surface area (Å²) in [6.45, 7) is 11.9. The van der Waals surface area contributed by atoms with E-state index in [2.05, 4.69) is 6.92 Å². The van der Waals surface area contributed by atoms with Gasteiger partial charge in [0.1, 0.15) is 0 Å². The third-order valence-electron chi connectivity index (χ3n) is 3.12. The zero-order valence-corrected chi connectivity index (χ0v) is 14.1. The maximum Gasteiger partial charge on any atom is 0.371 e. The van der Waals surface area contributed by atoms with Gasteiger partial charge in [-0.25, -0.2) is 4.67 Å². The van der Waals surface area contributed by atoms with Crippen LogP contribution in [0.4, 0.5) is 0 Å². The van der Waals surface area contributed by atoms with Crippen LogP contribution in [-0.2, 0) is 9.09 Å². The number of unbranched alkanes of at least 4 members (excludes halogenated alkanes) is 1. The van der Waals surface area contributed by atoms with Crippen molar-refractivity contribution in [2.45, 2.75) is 85.4 Å². The lowest BCUT2D eigenvalue weighted by molar-refractivity contribution is 0.152. The van der Waals surface area contributed by atoms with Crippen LogP contribution in [0.3, 0.4) is 0 Å². The van der Waals surface area contributed by atoms with E-state index < -0.39 is 7.52 Å². The molecule has 112 valence electrons. The number of hydrogen-bond donors (Lipinski definition) is 0. The molecule has 0 aromatic rings. The van der Waals surface area contributed by atoms with Gasteiger partial charge in [0.2, 0.25) is 0 Å². The van der Waals surface area contributed by atoms with E-state index in [0.717, 1.165) is 25.7 Å². The molecule has 0 bridgehead atoms. The smallest absolute Gasteiger partial charge is 0.304 e. The van der Waals surface area contributed by atoms with Gasteiger partial charge in [0.25, 0.3) is 0 Å². The van der Waals surface area contributed by atoms with Gasteiger partial charge >= 0.3 is 7.52 Å². The number of rotatable bonds is 9. The Balaban J connectivity index is 5.03. The lowest BCUT2D eigenvalue weighted by Crippen LogP contribution is -2.35. The van der Waals surface area contributed by atoms with Gasteiger partial charge < -0.3 is 4.52 Å². The Morgan fingerprint density at radius 1 is 1.21 bits per heavy atom. The van der Waals surface area contributed by atoms with Crippen LogP contribution in [0.2, 0.25) is 0 Å². The van der Waals surface area contributed by atoms with Crippen molar-refractivity contribution in [3.63, 3.8) is 0 Å². The summed E-state index contributed by atoms with van der Waals surface area (Å²) in [4.78, 5) is 0. The maximum atomic E-state index is 12.8. The summed E-state index contributed by atoms with van der Waals surface area (Å²) in [5.74, 6) is 1.94. The SMILES string of the molecule is CCCCC(CC)OP(=O)(C#N)N(C(C)C)C(C)C. The summed E-state index contributed by atoms with van der Waals surface area (Å²) < 4.78 is 20.3. The molecule has 0 radical (unpaired) electrons. The van der Waals surface area contributed by atoms with E-state index in [4.69, 9.17) is 4.52 Å². The van der Waals surface area contributed by atoms with Gasteiger partial charge in [0.15, 0.2) is 5.81 Å². The second kappa shape index (κ2) is 8.74. The van der Waals surface area contributed by atoms with E-state index in [1.807, 2.05) is 40.4 Å². The fraction of sp³-hybridized carbons (Fsp3) is 0.929. The third-order valence-corrected chi connectivity index (χ3v) is 5.48. The maximum absolute atomic E-state index is 12.8. The molecule has 0 saturated carbocycles. The first kappa shape index (κ1) is 18.6. The highest BCUT2D eigenvalue weighted by atomic mass is 31.2. The van der Waals surface area contributed by atoms with Crippen molar-refractivity contribution in [3.05, 3.63) is 0 Å². The molecule has 0 spiro atoms. The largest absolute Gasteiger partial charge is 0.371 e. The van der Waals surface area contributed by atoms with Crippen molar-refractivity contribution in [2.24, 2.45) is 0 Å². The molecule has 0 amide bonds. The van der Waals surface area contributed by atoms with Crippen molar-refractivity contribution < 1.29 is 9.09 Å². The van der Waals surface area contributed by atoms with Gasteiger partial charge in [-0.2, -0.15) is 5.26 Å². The molecule has 0 aromatic heterocycles. The molecule has 0 aliphatic heterocycles. The van der Waals surface area contributed by atoms with Crippen molar-refractivity contribution in [1.82, 2.24) is 4.67 Å². The highest BCUT2D eigenvalue weighted by Gasteiger charge is 2.38. The topological polar surface area (TPSA) is 53.3 Å². The van der Waals surface area contributed by atoms with Crippen LogP contribution in [0.15, 0.2) is 0 Å². The van der Waals surface area contributed by atoms with E-state index in [9.17, 15) is 9.83 Å². The van der Waals surface area contributed by atoms with E-state index in [0.29, 0.717) is 0 Å². The minimum Gasteiger partial charge on any atom is -0.304 e. The summed E-state index contributed by atoms with van der Waals surface area (Å²) in [6, 6.07) is 0.0447. The predicted molar refractivity (Wildman–Crippen MR) is 80.0 cm³/mol. The normalized spacial score (nSPS) is 16.6. The van der Waals surface area contributed by atoms with E-state index in [1.54, 1.807) is 4.67 Å². The summed E-state index contributed by atoms with van der Waals surface area (Å²) in [7, 11) is -3.40. The zero-order valence-electron chi connectivity index (χ0n) is 13.2. The standard InChI is InChI=1S/C14H29N2O2P/c1-7-9-10-14(8-2)18-19(17,11-15)16(12(3)4)13(5)6/h12-14H,7-10H2,1-6H3. The van der Waals surface area contributed by atoms with Crippen LogP contribution in [0.5, 0.6) is 0 Å². The quantitative estimate of drug-likeness (QED) is 0.574. The molecule has 4 nitrogen and oxygen atoms in total. The fourth-order valence-corrected chi connectivity index (χ4v) is 4.43. The van der Waals surface area contributed by atoms with Crippen LogP contribution in [0.25, 0.3) is 0 Å². The molecule has 0 rings (SSSR count). The molecular formula is C14H29N2O2P. The van der Waals surface area contributed by atoms with Crippen LogP contribution in [0.1, 0.15) is 67.2 Å². The summed E-state index contributed by atoms with van der Waals surface area (Å²) in [6.07, 6.45) is 3.67. The van der Waals surface area contributed by atoms with Crippen LogP contribution >= 0.6 is 7.52 Å². The summed E-state index contributed by atoms with van der Waals surface area (Å²) >= 11 is 0. The Labute approximate surface area is 118 Å². The minimum absolute atomic E-state index is 0.0224. The van der Waals surface area contributed by atoms with Gasteiger partial charge in [-0.3, -0.25) is 4.57 Å². The van der Waals surface area contributed by atoms with Crippen LogP contribution < -0.4 is 0 Å². The Kier molecular flexibility index (Phi) is 8.57. The number of nitriles is 1. The highest BCUT2D eigenvalue weighted by molar-refractivity contribution is 7.61. The van der Waals surface area contributed by atoms with Crippen LogP contribution in [-0.4, -0.2) is 22.9 Å². The van der Waals surface area contributed by atoms with Gasteiger partial charge in [-0.1, -0.05) is 26.7 Å². The second-order valence-corrected chi connectivity index (χ2v) is 7.38. The van der Waals surface area contributed by atoms with Crippen molar-refractivity contribution in [2.75, 3.05) is 0 Å². The second-order valence-electron chi connectivity index (χ2n) is 5.47. The lowest BCUT2D eigenvalue weighted by atomic mass is 10.1. The molecule has 2 unspecified atom stereocenters. The Morgan fingerprint density at radius 3 is 2.05 bits per heavy atom. The lowest BCUT2D eigenvalue weighted by Gasteiger charge is -2.34. The average Bonchev–Trinajstić information content (AvgIpc) is 2.33. The monoisotopic (exact) mass is 288 g/mol. The molecule has 0 saturated heterocycles. The first-order valence-electron chi connectivity index (χ1n) is 7.30. The Hall–Kier alpha value is -0.360. The molecule has 2 atom stereocenters. The number of hydrogen-bond acceptors (Lipinski definition) is 3. The molecule has 0 aliphatic rings. The molecule has 0 fully saturated rings. The molecule has 5 heteroatoms. The summed E-state index contributed by atoms with van der Waals surface area (Å²) in [5.41, 5.74) is 0. The minimum atomic E-state index is -3.40. The molecule has 19 heavy (non-hydrogen) atoms. The van der Waals surface area contributed by atoms with E-state index in [1.165, 1.54) is 0 Å². The predicted octanol–water partition coefficient (Wildman–Crippen LogP) is 4.76. The Morgan fingerprint density at radius 2 is 1.74 bits per heavy atom. The molecule has 0 aliphatic carbocycles. The molecule has 0 heterocycles. The van der Waals surface area contributed by atoms with Gasteiger partial charge in [-0.05, 0) is 40.5 Å². The first-order valence-corrected chi connectivity index (χ1v) is 8.88. The average molecular weight is 288 g/mol. The Bertz CT molecular complexity index is 329. The molecule has 0 aromatic carbocycles. The van der Waals surface area contributed by atoms with Gasteiger partial charge in [0.05, 0.1) is 6.10 Å². The molecule has 0 N–H and O–H groups in total. The van der Waals surface area contributed by atoms with Crippen molar-refractivity contribution >= 4 is 7.52 Å². The van der Waals surface area contributed by atoms with E-state index >= 15 is 0 Å². The number of nitrogens with zero attached hydrogens (tertiary/aromatic N) is 2. The van der Waals surface area contributed by atoms with Crippen molar-refractivity contribution in [1.29, 1.82) is 5.26 Å².